The monoisotopic (exact) mass is 389 g/mol. The number of amides is 3. The summed E-state index contributed by atoms with van der Waals surface area (Å²) < 4.78 is 4.98. The Morgan fingerprint density at radius 2 is 1.86 bits per heavy atom. The third-order valence-electron chi connectivity index (χ3n) is 4.84. The lowest BCUT2D eigenvalue weighted by atomic mass is 10.1. The molecule has 0 unspecified atom stereocenters. The number of rotatable bonds is 6. The predicted octanol–water partition coefficient (Wildman–Crippen LogP) is 3.12. The Bertz CT molecular complexity index is 1120. The van der Waals surface area contributed by atoms with Gasteiger partial charge < -0.3 is 10.1 Å². The molecule has 0 aliphatic carbocycles. The number of carbonyl (C=O) groups excluding carboxylic acids is 3. The lowest BCUT2D eigenvalue weighted by molar-refractivity contribution is 0.0638. The maximum absolute atomic E-state index is 12.8. The van der Waals surface area contributed by atoms with Gasteiger partial charge in [-0.25, -0.2) is 0 Å². The van der Waals surface area contributed by atoms with Gasteiger partial charge in [-0.2, -0.15) is 0 Å². The fourth-order valence-electron chi connectivity index (χ4n) is 3.40. The number of nitrogens with one attached hydrogen (secondary N) is 1. The van der Waals surface area contributed by atoms with Crippen LogP contribution >= 0.6 is 0 Å². The van der Waals surface area contributed by atoms with Gasteiger partial charge in [0.25, 0.3) is 17.7 Å². The van der Waals surface area contributed by atoms with Gasteiger partial charge in [-0.1, -0.05) is 18.2 Å². The van der Waals surface area contributed by atoms with Crippen LogP contribution in [0.5, 0.6) is 0 Å². The van der Waals surface area contributed by atoms with Crippen LogP contribution in [0.3, 0.4) is 0 Å². The number of pyridine rings is 1. The molecule has 1 aliphatic heterocycles. The fraction of sp³-hybridized carbons (Fsp3) is 0.182. The van der Waals surface area contributed by atoms with Crippen molar-refractivity contribution in [2.45, 2.75) is 6.42 Å². The van der Waals surface area contributed by atoms with E-state index in [0.29, 0.717) is 35.4 Å². The number of para-hydroxylation sites is 1. The fourth-order valence-corrected chi connectivity index (χ4v) is 3.40. The molecule has 0 fully saturated rings. The van der Waals surface area contributed by atoms with E-state index in [2.05, 4.69) is 10.3 Å². The molecule has 29 heavy (non-hydrogen) atoms. The van der Waals surface area contributed by atoms with Crippen LogP contribution < -0.4 is 5.32 Å². The molecule has 0 saturated carbocycles. The van der Waals surface area contributed by atoms with Gasteiger partial charge in [0.05, 0.1) is 22.3 Å². The molecule has 1 aliphatic rings. The van der Waals surface area contributed by atoms with E-state index in [1.54, 1.807) is 25.4 Å². The summed E-state index contributed by atoms with van der Waals surface area (Å²) in [5.41, 5.74) is 2.13. The number of benzene rings is 2. The Balaban J connectivity index is 1.58. The standard InChI is InChI=1S/C22H19N3O4/c1-29-12-4-11-25-21(27)16-9-8-15(13-17(16)22(25)28)20(26)24-18-7-2-5-14-6-3-10-23-19(14)18/h2-3,5-10,13H,4,11-12H2,1H3,(H,24,26). The molecule has 0 spiro atoms. The minimum Gasteiger partial charge on any atom is -0.385 e. The first-order valence-corrected chi connectivity index (χ1v) is 9.24. The van der Waals surface area contributed by atoms with Crippen molar-refractivity contribution in [3.05, 3.63) is 71.4 Å². The number of methoxy groups -OCH3 is 1. The average molecular weight is 389 g/mol. The first kappa shape index (κ1) is 18.8. The second-order valence-electron chi connectivity index (χ2n) is 6.70. The van der Waals surface area contributed by atoms with Crippen molar-refractivity contribution in [3.8, 4) is 0 Å². The zero-order valence-corrected chi connectivity index (χ0v) is 15.8. The molecule has 3 amide bonds. The Morgan fingerprint density at radius 1 is 1.07 bits per heavy atom. The molecule has 146 valence electrons. The second-order valence-corrected chi connectivity index (χ2v) is 6.70. The van der Waals surface area contributed by atoms with Crippen molar-refractivity contribution < 1.29 is 19.1 Å². The van der Waals surface area contributed by atoms with Crippen LogP contribution in [0.4, 0.5) is 5.69 Å². The molecule has 0 saturated heterocycles. The first-order valence-electron chi connectivity index (χ1n) is 9.24. The van der Waals surface area contributed by atoms with Gasteiger partial charge >= 0.3 is 0 Å². The van der Waals surface area contributed by atoms with Crippen molar-refractivity contribution in [1.29, 1.82) is 0 Å². The first-order chi connectivity index (χ1) is 14.1. The van der Waals surface area contributed by atoms with Crippen LogP contribution in [0.2, 0.25) is 0 Å². The third-order valence-corrected chi connectivity index (χ3v) is 4.84. The molecule has 2 aromatic carbocycles. The van der Waals surface area contributed by atoms with E-state index in [1.807, 2.05) is 24.3 Å². The summed E-state index contributed by atoms with van der Waals surface area (Å²) in [6, 6.07) is 13.8. The number of hydrogen-bond acceptors (Lipinski definition) is 5. The highest BCUT2D eigenvalue weighted by Crippen LogP contribution is 2.26. The highest BCUT2D eigenvalue weighted by molar-refractivity contribution is 6.22. The van der Waals surface area contributed by atoms with Gasteiger partial charge in [0.2, 0.25) is 0 Å². The summed E-state index contributed by atoms with van der Waals surface area (Å²) in [7, 11) is 1.57. The summed E-state index contributed by atoms with van der Waals surface area (Å²) in [6.45, 7) is 0.740. The van der Waals surface area contributed by atoms with E-state index in [1.165, 1.54) is 17.0 Å². The van der Waals surface area contributed by atoms with Gasteiger partial charge in [-0.3, -0.25) is 24.3 Å². The van der Waals surface area contributed by atoms with Crippen molar-refractivity contribution >= 4 is 34.3 Å². The predicted molar refractivity (Wildman–Crippen MR) is 108 cm³/mol. The third kappa shape index (κ3) is 3.48. The van der Waals surface area contributed by atoms with Crippen molar-refractivity contribution in [3.63, 3.8) is 0 Å². The van der Waals surface area contributed by atoms with Gasteiger partial charge in [-0.15, -0.1) is 0 Å². The topological polar surface area (TPSA) is 88.6 Å². The number of imide groups is 1. The minimum atomic E-state index is -0.386. The summed E-state index contributed by atoms with van der Waals surface area (Å²) in [5.74, 6) is -1.10. The number of fused-ring (bicyclic) bond motifs is 2. The maximum Gasteiger partial charge on any atom is 0.261 e. The smallest absolute Gasteiger partial charge is 0.261 e. The quantitative estimate of drug-likeness (QED) is 0.517. The van der Waals surface area contributed by atoms with Crippen LogP contribution in [0.15, 0.2) is 54.7 Å². The van der Waals surface area contributed by atoms with E-state index in [4.69, 9.17) is 4.74 Å². The second kappa shape index (κ2) is 7.81. The van der Waals surface area contributed by atoms with Gasteiger partial charge in [0.1, 0.15) is 0 Å². The maximum atomic E-state index is 12.8. The molecule has 1 aromatic heterocycles. The van der Waals surface area contributed by atoms with E-state index in [0.717, 1.165) is 5.39 Å². The van der Waals surface area contributed by atoms with Gasteiger partial charge in [-0.05, 0) is 36.8 Å². The molecule has 3 aromatic rings. The minimum absolute atomic E-state index is 0.246. The number of aromatic nitrogens is 1. The van der Waals surface area contributed by atoms with E-state index in [-0.39, 0.29) is 29.8 Å². The van der Waals surface area contributed by atoms with Gasteiger partial charge in [0, 0.05) is 37.4 Å². The highest BCUT2D eigenvalue weighted by atomic mass is 16.5. The Hall–Kier alpha value is -3.58. The summed E-state index contributed by atoms with van der Waals surface area (Å²) >= 11 is 0. The van der Waals surface area contributed by atoms with Crippen LogP contribution in [-0.2, 0) is 4.74 Å². The Labute approximate surface area is 167 Å². The normalized spacial score (nSPS) is 13.1. The van der Waals surface area contributed by atoms with Crippen LogP contribution in [0.25, 0.3) is 10.9 Å². The number of carbonyl (C=O) groups is 3. The highest BCUT2D eigenvalue weighted by Gasteiger charge is 2.35. The van der Waals surface area contributed by atoms with Crippen LogP contribution in [-0.4, -0.2) is 47.9 Å². The zero-order chi connectivity index (χ0) is 20.4. The molecular weight excluding hydrogens is 370 g/mol. The average Bonchev–Trinajstić information content (AvgIpc) is 2.98. The summed E-state index contributed by atoms with van der Waals surface area (Å²) in [6.07, 6.45) is 2.22. The molecule has 0 atom stereocenters. The molecule has 7 nitrogen and oxygen atoms in total. The zero-order valence-electron chi connectivity index (χ0n) is 15.8. The lowest BCUT2D eigenvalue weighted by Gasteiger charge is -2.12. The van der Waals surface area contributed by atoms with E-state index >= 15 is 0 Å². The van der Waals surface area contributed by atoms with Crippen molar-refractivity contribution in [1.82, 2.24) is 9.88 Å². The summed E-state index contributed by atoms with van der Waals surface area (Å²) in [5, 5.41) is 3.75. The SMILES string of the molecule is COCCCN1C(=O)c2ccc(C(=O)Nc3cccc4cccnc34)cc2C1=O. The number of hydrogen-bond donors (Lipinski definition) is 1. The molecule has 1 N–H and O–H groups in total. The number of anilines is 1. The number of ether oxygens (including phenoxy) is 1. The van der Waals surface area contributed by atoms with E-state index < -0.39 is 0 Å². The number of nitrogens with zero attached hydrogens (tertiary/aromatic N) is 2. The largest absolute Gasteiger partial charge is 0.385 e. The Kier molecular flexibility index (Phi) is 5.05. The van der Waals surface area contributed by atoms with Crippen molar-refractivity contribution in [2.75, 3.05) is 25.6 Å². The molecule has 0 radical (unpaired) electrons. The summed E-state index contributed by atoms with van der Waals surface area (Å²) in [4.78, 5) is 43.4. The molecule has 7 heteroatoms. The Morgan fingerprint density at radius 3 is 2.69 bits per heavy atom. The van der Waals surface area contributed by atoms with Gasteiger partial charge in [0.15, 0.2) is 0 Å². The molecule has 2 heterocycles. The molecule has 4 rings (SSSR count). The molecular formula is C22H19N3O4. The van der Waals surface area contributed by atoms with E-state index in [9.17, 15) is 14.4 Å². The van der Waals surface area contributed by atoms with Crippen LogP contribution in [0.1, 0.15) is 37.5 Å². The lowest BCUT2D eigenvalue weighted by Crippen LogP contribution is -2.31. The van der Waals surface area contributed by atoms with Crippen molar-refractivity contribution in [2.24, 2.45) is 0 Å². The molecule has 0 bridgehead atoms. The van der Waals surface area contributed by atoms with Crippen LogP contribution in [0, 0.1) is 0 Å².